The van der Waals surface area contributed by atoms with Gasteiger partial charge in [0.1, 0.15) is 5.82 Å². The molecule has 0 spiro atoms. The van der Waals surface area contributed by atoms with E-state index in [0.717, 1.165) is 37.1 Å². The minimum absolute atomic E-state index is 0.126. The van der Waals surface area contributed by atoms with Gasteiger partial charge in [0.15, 0.2) is 9.73 Å². The fourth-order valence-corrected chi connectivity index (χ4v) is 3.53. The first-order chi connectivity index (χ1) is 9.83. The first-order valence-corrected chi connectivity index (χ1v) is 8.01. The summed E-state index contributed by atoms with van der Waals surface area (Å²) >= 11 is 0. The average molecular weight is 325 g/mol. The first-order valence-electron chi connectivity index (χ1n) is 6.49. The molecule has 0 bridgehead atoms. The molecule has 1 aliphatic heterocycles. The Morgan fingerprint density at radius 3 is 2.48 bits per heavy atom. The average Bonchev–Trinajstić information content (AvgIpc) is 2.91. The molecule has 1 heterocycles. The maximum Gasteiger partial charge on any atom is 0.483 e. The van der Waals surface area contributed by atoms with Crippen LogP contribution >= 0.6 is 0 Å². The van der Waals surface area contributed by atoms with Crippen molar-refractivity contribution >= 4 is 9.73 Å². The van der Waals surface area contributed by atoms with Gasteiger partial charge in [-0.2, -0.15) is 13.2 Å². The van der Waals surface area contributed by atoms with Crippen LogP contribution in [0.4, 0.5) is 17.6 Å². The monoisotopic (exact) mass is 325 g/mol. The molecular formula is C13H15F4NO2S. The summed E-state index contributed by atoms with van der Waals surface area (Å²) in [6.45, 7) is 0.387. The van der Waals surface area contributed by atoms with E-state index in [4.69, 9.17) is 4.74 Å². The van der Waals surface area contributed by atoms with Crippen molar-refractivity contribution in [2.24, 2.45) is 4.36 Å². The largest absolute Gasteiger partial charge is 0.483 e. The number of benzene rings is 1. The van der Waals surface area contributed by atoms with Crippen LogP contribution in [-0.2, 0) is 14.5 Å². The van der Waals surface area contributed by atoms with Crippen LogP contribution in [0.15, 0.2) is 33.5 Å². The highest BCUT2D eigenvalue weighted by atomic mass is 32.2. The Kier molecular flexibility index (Phi) is 4.88. The van der Waals surface area contributed by atoms with Gasteiger partial charge in [-0.1, -0.05) is 0 Å². The first kappa shape index (κ1) is 16.2. The summed E-state index contributed by atoms with van der Waals surface area (Å²) < 4.78 is 73.0. The van der Waals surface area contributed by atoms with Gasteiger partial charge in [-0.05, 0) is 43.5 Å². The maximum atomic E-state index is 13.1. The topological polar surface area (TPSA) is 38.7 Å². The Labute approximate surface area is 120 Å². The predicted octanol–water partition coefficient (Wildman–Crippen LogP) is 3.74. The smallest absolute Gasteiger partial charge is 0.378 e. The zero-order valence-electron chi connectivity index (χ0n) is 11.1. The summed E-state index contributed by atoms with van der Waals surface area (Å²) in [5.41, 5.74) is -5.00. The van der Waals surface area contributed by atoms with Gasteiger partial charge in [0.2, 0.25) is 0 Å². The number of alkyl halides is 3. The normalized spacial score (nSPS) is 22.0. The molecule has 0 aliphatic carbocycles. The van der Waals surface area contributed by atoms with E-state index in [1.54, 1.807) is 0 Å². The molecular weight excluding hydrogens is 310 g/mol. The van der Waals surface area contributed by atoms with Crippen LogP contribution in [0.3, 0.4) is 0 Å². The van der Waals surface area contributed by atoms with E-state index >= 15 is 0 Å². The SMILES string of the molecule is O=[S@](=NCC[C@H]1CCCO1)(c1ccc(F)cc1)C(F)(F)F. The molecule has 1 fully saturated rings. The van der Waals surface area contributed by atoms with E-state index < -0.39 is 26.0 Å². The minimum Gasteiger partial charge on any atom is -0.378 e. The summed E-state index contributed by atoms with van der Waals surface area (Å²) in [5.74, 6) is -0.693. The highest BCUT2D eigenvalue weighted by Crippen LogP contribution is 2.33. The lowest BCUT2D eigenvalue weighted by molar-refractivity contribution is -0.0404. The van der Waals surface area contributed by atoms with Crippen molar-refractivity contribution in [2.45, 2.75) is 35.8 Å². The van der Waals surface area contributed by atoms with Crippen LogP contribution in [0.2, 0.25) is 0 Å². The third-order valence-electron chi connectivity index (χ3n) is 3.20. The molecule has 3 nitrogen and oxygen atoms in total. The van der Waals surface area contributed by atoms with Gasteiger partial charge in [-0.15, -0.1) is 0 Å². The van der Waals surface area contributed by atoms with Crippen LogP contribution in [0, 0.1) is 5.82 Å². The van der Waals surface area contributed by atoms with E-state index in [9.17, 15) is 21.8 Å². The fraction of sp³-hybridized carbons (Fsp3) is 0.538. The molecule has 2 atom stereocenters. The molecule has 21 heavy (non-hydrogen) atoms. The number of rotatable bonds is 4. The zero-order valence-corrected chi connectivity index (χ0v) is 11.9. The Morgan fingerprint density at radius 2 is 1.95 bits per heavy atom. The molecule has 118 valence electrons. The molecule has 0 N–H and O–H groups in total. The predicted molar refractivity (Wildman–Crippen MR) is 69.7 cm³/mol. The Bertz CT molecular complexity index is 585. The van der Waals surface area contributed by atoms with E-state index in [1.165, 1.54) is 0 Å². The van der Waals surface area contributed by atoms with Crippen molar-refractivity contribution in [1.82, 2.24) is 0 Å². The molecule has 2 rings (SSSR count). The van der Waals surface area contributed by atoms with Crippen LogP contribution in [0.1, 0.15) is 19.3 Å². The van der Waals surface area contributed by atoms with Gasteiger partial charge in [0.05, 0.1) is 17.5 Å². The Hall–Kier alpha value is -1.15. The fourth-order valence-electron chi connectivity index (χ4n) is 2.10. The lowest BCUT2D eigenvalue weighted by atomic mass is 10.2. The second-order valence-electron chi connectivity index (χ2n) is 4.70. The van der Waals surface area contributed by atoms with Crippen LogP contribution in [-0.4, -0.2) is 29.0 Å². The molecule has 8 heteroatoms. The number of hydrogen-bond acceptors (Lipinski definition) is 3. The number of halogens is 4. The van der Waals surface area contributed by atoms with E-state index in [1.807, 2.05) is 0 Å². The molecule has 0 aromatic heterocycles. The molecule has 1 aromatic rings. The van der Waals surface area contributed by atoms with Gasteiger partial charge in [-0.3, -0.25) is 0 Å². The van der Waals surface area contributed by atoms with Crippen molar-refractivity contribution in [3.8, 4) is 0 Å². The van der Waals surface area contributed by atoms with E-state index in [2.05, 4.69) is 4.36 Å². The van der Waals surface area contributed by atoms with Crippen molar-refractivity contribution in [2.75, 3.05) is 13.2 Å². The van der Waals surface area contributed by atoms with Crippen LogP contribution < -0.4 is 0 Å². The van der Waals surface area contributed by atoms with Crippen LogP contribution in [0.25, 0.3) is 0 Å². The summed E-state index contributed by atoms with van der Waals surface area (Å²) in [4.78, 5) is -0.524. The number of ether oxygens (including phenoxy) is 1. The van der Waals surface area contributed by atoms with Crippen LogP contribution in [0.5, 0.6) is 0 Å². The van der Waals surface area contributed by atoms with E-state index in [-0.39, 0.29) is 12.6 Å². The van der Waals surface area contributed by atoms with Crippen molar-refractivity contribution in [3.05, 3.63) is 30.1 Å². The minimum atomic E-state index is -5.00. The molecule has 1 aromatic carbocycles. The van der Waals surface area contributed by atoms with Crippen molar-refractivity contribution < 1.29 is 26.5 Å². The second-order valence-corrected chi connectivity index (χ2v) is 6.95. The highest BCUT2D eigenvalue weighted by molar-refractivity contribution is 7.94. The van der Waals surface area contributed by atoms with Gasteiger partial charge in [0.25, 0.3) is 0 Å². The van der Waals surface area contributed by atoms with E-state index in [0.29, 0.717) is 13.0 Å². The molecule has 0 unspecified atom stereocenters. The number of nitrogens with zero attached hydrogens (tertiary/aromatic N) is 1. The van der Waals surface area contributed by atoms with Gasteiger partial charge in [0, 0.05) is 6.61 Å². The molecule has 0 radical (unpaired) electrons. The summed E-state index contributed by atoms with van der Waals surface area (Å²) in [6, 6.07) is 3.41. The Morgan fingerprint density at radius 1 is 1.29 bits per heavy atom. The maximum absolute atomic E-state index is 13.1. The highest BCUT2D eigenvalue weighted by Gasteiger charge is 2.44. The molecule has 1 aliphatic rings. The summed E-state index contributed by atoms with van der Waals surface area (Å²) in [5, 5.41) is 0. The zero-order chi connectivity index (χ0) is 15.5. The third kappa shape index (κ3) is 3.74. The third-order valence-corrected chi connectivity index (χ3v) is 5.28. The molecule has 1 saturated heterocycles. The summed E-state index contributed by atoms with van der Waals surface area (Å²) in [7, 11) is -4.59. The quantitative estimate of drug-likeness (QED) is 0.791. The molecule has 0 saturated carbocycles. The van der Waals surface area contributed by atoms with Crippen molar-refractivity contribution in [3.63, 3.8) is 0 Å². The van der Waals surface area contributed by atoms with Crippen molar-refractivity contribution in [1.29, 1.82) is 0 Å². The summed E-state index contributed by atoms with van der Waals surface area (Å²) in [6.07, 6.45) is 1.82. The standard InChI is InChI=1S/C13H15F4NO2S/c14-10-3-5-12(6-4-10)21(19,13(15,16)17)18-8-7-11-2-1-9-20-11/h3-6,11H,1-2,7-9H2/t11-,21-/m1/s1. The Balaban J connectivity index is 2.24. The van der Waals surface area contributed by atoms with Gasteiger partial charge in [-0.25, -0.2) is 13.0 Å². The number of hydrogen-bond donors (Lipinski definition) is 0. The lowest BCUT2D eigenvalue weighted by Gasteiger charge is -2.14. The van der Waals surface area contributed by atoms with Gasteiger partial charge >= 0.3 is 5.51 Å². The lowest BCUT2D eigenvalue weighted by Crippen LogP contribution is -2.24. The molecule has 0 amide bonds. The second kappa shape index (κ2) is 6.31. The van der Waals surface area contributed by atoms with Gasteiger partial charge < -0.3 is 4.74 Å².